The number of piperazine rings is 1. The van der Waals surface area contributed by atoms with E-state index in [0.717, 1.165) is 44.0 Å². The highest BCUT2D eigenvalue weighted by atomic mass is 35.5. The van der Waals surface area contributed by atoms with Gasteiger partial charge in [-0.1, -0.05) is 25.4 Å². The minimum atomic E-state index is 0.212. The number of hydrogen-bond donors (Lipinski definition) is 1. The Morgan fingerprint density at radius 1 is 1.19 bits per heavy atom. The molecular weight excluding hydrogens is 282 g/mol. The average molecular weight is 310 g/mol. The topological polar surface area (TPSA) is 32.5 Å². The predicted octanol–water partition coefficient (Wildman–Crippen LogP) is 3.15. The molecule has 1 fully saturated rings. The second kappa shape index (κ2) is 8.02. The third-order valence-electron chi connectivity index (χ3n) is 4.30. The summed E-state index contributed by atoms with van der Waals surface area (Å²) in [5, 5.41) is 0.807. The highest BCUT2D eigenvalue weighted by molar-refractivity contribution is 6.30. The Morgan fingerprint density at radius 3 is 2.52 bits per heavy atom. The summed E-state index contributed by atoms with van der Waals surface area (Å²) in [5.41, 5.74) is 8.76. The van der Waals surface area contributed by atoms with Crippen LogP contribution in [0.1, 0.15) is 32.3 Å². The van der Waals surface area contributed by atoms with Crippen molar-refractivity contribution < 1.29 is 0 Å². The molecule has 1 aliphatic rings. The van der Waals surface area contributed by atoms with Gasteiger partial charge in [0.1, 0.15) is 0 Å². The van der Waals surface area contributed by atoms with E-state index in [1.54, 1.807) is 0 Å². The van der Waals surface area contributed by atoms with Gasteiger partial charge >= 0.3 is 0 Å². The summed E-state index contributed by atoms with van der Waals surface area (Å²) >= 11 is 6.18. The van der Waals surface area contributed by atoms with Gasteiger partial charge < -0.3 is 10.6 Å². The molecule has 1 aromatic rings. The number of hydrogen-bond acceptors (Lipinski definition) is 3. The molecule has 0 aliphatic carbocycles. The van der Waals surface area contributed by atoms with Crippen LogP contribution in [0.2, 0.25) is 5.02 Å². The number of anilines is 1. The van der Waals surface area contributed by atoms with Crippen molar-refractivity contribution in [3.63, 3.8) is 0 Å². The molecule has 1 aliphatic heterocycles. The first-order valence-electron chi connectivity index (χ1n) is 8.15. The van der Waals surface area contributed by atoms with E-state index in [9.17, 15) is 0 Å². The Bertz CT molecular complexity index is 442. The molecule has 0 aromatic heterocycles. The molecular formula is C17H28ClN3. The van der Waals surface area contributed by atoms with Crippen LogP contribution in [0.5, 0.6) is 0 Å². The number of rotatable bonds is 6. The second-order valence-corrected chi connectivity index (χ2v) is 6.41. The molecule has 1 heterocycles. The van der Waals surface area contributed by atoms with Gasteiger partial charge in [0.05, 0.1) is 0 Å². The summed E-state index contributed by atoms with van der Waals surface area (Å²) in [6, 6.07) is 6.46. The van der Waals surface area contributed by atoms with Crippen LogP contribution in [0.4, 0.5) is 5.69 Å². The largest absolute Gasteiger partial charge is 0.369 e. The first-order chi connectivity index (χ1) is 10.1. The van der Waals surface area contributed by atoms with Crippen molar-refractivity contribution in [1.82, 2.24) is 4.90 Å². The predicted molar refractivity (Wildman–Crippen MR) is 92.4 cm³/mol. The van der Waals surface area contributed by atoms with Gasteiger partial charge in [0.15, 0.2) is 0 Å². The van der Waals surface area contributed by atoms with E-state index in [1.165, 1.54) is 24.2 Å². The molecule has 0 spiro atoms. The number of nitrogens with zero attached hydrogens (tertiary/aromatic N) is 2. The lowest BCUT2D eigenvalue weighted by Crippen LogP contribution is -2.47. The first kappa shape index (κ1) is 16.6. The average Bonchev–Trinajstić information content (AvgIpc) is 2.49. The normalized spacial score (nSPS) is 18.0. The summed E-state index contributed by atoms with van der Waals surface area (Å²) in [7, 11) is 0. The molecule has 0 radical (unpaired) electrons. The van der Waals surface area contributed by atoms with Crippen LogP contribution in [0, 0.1) is 0 Å². The molecule has 1 atom stereocenters. The maximum Gasteiger partial charge on any atom is 0.0410 e. The third kappa shape index (κ3) is 4.60. The smallest absolute Gasteiger partial charge is 0.0410 e. The van der Waals surface area contributed by atoms with Crippen LogP contribution in [-0.2, 0) is 6.42 Å². The number of nitrogens with two attached hydrogens (primary N) is 1. The van der Waals surface area contributed by atoms with Gasteiger partial charge in [-0.25, -0.2) is 0 Å². The molecule has 2 N–H and O–H groups in total. The van der Waals surface area contributed by atoms with Crippen LogP contribution in [0.3, 0.4) is 0 Å². The van der Waals surface area contributed by atoms with Crippen molar-refractivity contribution >= 4 is 17.3 Å². The van der Waals surface area contributed by atoms with Gasteiger partial charge in [-0.15, -0.1) is 0 Å². The number of halogens is 1. The fourth-order valence-electron chi connectivity index (χ4n) is 2.98. The van der Waals surface area contributed by atoms with Gasteiger partial charge in [-0.3, -0.25) is 4.90 Å². The van der Waals surface area contributed by atoms with E-state index in [1.807, 2.05) is 6.07 Å². The van der Waals surface area contributed by atoms with Crippen LogP contribution >= 0.6 is 11.6 Å². The molecule has 1 saturated heterocycles. The molecule has 2 rings (SSSR count). The molecule has 1 aromatic carbocycles. The van der Waals surface area contributed by atoms with Gasteiger partial charge in [-0.2, -0.15) is 0 Å². The highest BCUT2D eigenvalue weighted by Crippen LogP contribution is 2.26. The van der Waals surface area contributed by atoms with Crippen molar-refractivity contribution in [2.24, 2.45) is 5.73 Å². The Morgan fingerprint density at radius 2 is 1.90 bits per heavy atom. The second-order valence-electron chi connectivity index (χ2n) is 5.97. The zero-order valence-electron chi connectivity index (χ0n) is 13.3. The Labute approximate surface area is 134 Å². The summed E-state index contributed by atoms with van der Waals surface area (Å²) in [6.07, 6.45) is 3.13. The number of benzene rings is 1. The molecule has 3 nitrogen and oxygen atoms in total. The van der Waals surface area contributed by atoms with Gasteiger partial charge in [0.2, 0.25) is 0 Å². The maximum atomic E-state index is 6.18. The highest BCUT2D eigenvalue weighted by Gasteiger charge is 2.19. The van der Waals surface area contributed by atoms with E-state index in [0.29, 0.717) is 0 Å². The fourth-order valence-corrected chi connectivity index (χ4v) is 3.18. The van der Waals surface area contributed by atoms with Gasteiger partial charge in [0.25, 0.3) is 0 Å². The third-order valence-corrected chi connectivity index (χ3v) is 4.54. The first-order valence-corrected chi connectivity index (χ1v) is 8.53. The van der Waals surface area contributed by atoms with E-state index in [-0.39, 0.29) is 6.04 Å². The molecule has 0 amide bonds. The zero-order chi connectivity index (χ0) is 15.2. The standard InChI is InChI=1S/C17H28ClN3/c1-3-7-20-8-10-21(11-9-20)17-6-5-15(18)12-14(17)13-16(19)4-2/h5-6,12,16H,3-4,7-11,13,19H2,1-2H3. The quantitative estimate of drug-likeness (QED) is 0.876. The van der Waals surface area contributed by atoms with Gasteiger partial charge in [-0.05, 0) is 49.6 Å². The molecule has 4 heteroatoms. The summed E-state index contributed by atoms with van der Waals surface area (Å²) in [5.74, 6) is 0. The lowest BCUT2D eigenvalue weighted by atomic mass is 10.0. The van der Waals surface area contributed by atoms with E-state index >= 15 is 0 Å². The lowest BCUT2D eigenvalue weighted by molar-refractivity contribution is 0.258. The SMILES string of the molecule is CCCN1CCN(c2ccc(Cl)cc2CC(N)CC)CC1. The fraction of sp³-hybridized carbons (Fsp3) is 0.647. The monoisotopic (exact) mass is 309 g/mol. The molecule has 1 unspecified atom stereocenters. The van der Waals surface area contributed by atoms with Crippen molar-refractivity contribution in [2.75, 3.05) is 37.6 Å². The minimum absolute atomic E-state index is 0.212. The Balaban J connectivity index is 2.09. The van der Waals surface area contributed by atoms with Crippen LogP contribution in [-0.4, -0.2) is 43.7 Å². The van der Waals surface area contributed by atoms with Crippen LogP contribution in [0.25, 0.3) is 0 Å². The minimum Gasteiger partial charge on any atom is -0.369 e. The van der Waals surface area contributed by atoms with Crippen molar-refractivity contribution in [3.05, 3.63) is 28.8 Å². The Kier molecular flexibility index (Phi) is 6.34. The van der Waals surface area contributed by atoms with E-state index in [4.69, 9.17) is 17.3 Å². The van der Waals surface area contributed by atoms with Crippen molar-refractivity contribution in [1.29, 1.82) is 0 Å². The summed E-state index contributed by atoms with van der Waals surface area (Å²) in [4.78, 5) is 5.03. The lowest BCUT2D eigenvalue weighted by Gasteiger charge is -2.37. The molecule has 0 bridgehead atoms. The van der Waals surface area contributed by atoms with Crippen molar-refractivity contribution in [2.45, 2.75) is 39.2 Å². The summed E-state index contributed by atoms with van der Waals surface area (Å²) < 4.78 is 0. The van der Waals surface area contributed by atoms with E-state index in [2.05, 4.69) is 35.8 Å². The molecule has 0 saturated carbocycles. The summed E-state index contributed by atoms with van der Waals surface area (Å²) in [6.45, 7) is 10.1. The maximum absolute atomic E-state index is 6.18. The molecule has 118 valence electrons. The van der Waals surface area contributed by atoms with Crippen LogP contribution in [0.15, 0.2) is 18.2 Å². The van der Waals surface area contributed by atoms with Gasteiger partial charge in [0, 0.05) is 42.9 Å². The van der Waals surface area contributed by atoms with Crippen molar-refractivity contribution in [3.8, 4) is 0 Å². The zero-order valence-corrected chi connectivity index (χ0v) is 14.1. The van der Waals surface area contributed by atoms with E-state index < -0.39 is 0 Å². The Hall–Kier alpha value is -0.770. The van der Waals surface area contributed by atoms with Crippen LogP contribution < -0.4 is 10.6 Å². The molecule has 21 heavy (non-hydrogen) atoms.